The molecule has 0 fully saturated rings. The number of halogens is 1. The van der Waals surface area contributed by atoms with Gasteiger partial charge in [0.25, 0.3) is 0 Å². The van der Waals surface area contributed by atoms with E-state index in [1.54, 1.807) is 0 Å². The van der Waals surface area contributed by atoms with Gasteiger partial charge in [0.1, 0.15) is 5.54 Å². The molecule has 0 amide bonds. The fraction of sp³-hybridized carbons (Fsp3) is 0.875. The van der Waals surface area contributed by atoms with Gasteiger partial charge in [-0.05, 0) is 19.8 Å². The Balaban J connectivity index is 3.54. The third-order valence-electron chi connectivity index (χ3n) is 1.82. The molecule has 0 unspecified atom stereocenters. The van der Waals surface area contributed by atoms with Crippen LogP contribution in [0.3, 0.4) is 0 Å². The fourth-order valence-corrected chi connectivity index (χ4v) is 1.06. The van der Waals surface area contributed by atoms with Gasteiger partial charge in [-0.2, -0.15) is 0 Å². The van der Waals surface area contributed by atoms with E-state index in [0.717, 1.165) is 19.3 Å². The van der Waals surface area contributed by atoms with Crippen LogP contribution in [0.25, 0.3) is 0 Å². The van der Waals surface area contributed by atoms with Gasteiger partial charge in [-0.25, -0.2) is 0 Å². The zero-order valence-corrected chi connectivity index (χ0v) is 8.10. The number of hydrogen-bond donors (Lipinski definition) is 2. The smallest absolute Gasteiger partial charge is 0.323 e. The zero-order chi connectivity index (χ0) is 9.61. The third kappa shape index (κ3) is 4.57. The largest absolute Gasteiger partial charge is 0.480 e. The van der Waals surface area contributed by atoms with Crippen molar-refractivity contribution in [3.05, 3.63) is 0 Å². The number of carbonyl (C=O) groups is 1. The molecule has 0 aliphatic heterocycles. The molecule has 12 heavy (non-hydrogen) atoms. The van der Waals surface area contributed by atoms with Gasteiger partial charge >= 0.3 is 5.97 Å². The van der Waals surface area contributed by atoms with Crippen LogP contribution in [0.5, 0.6) is 0 Å². The summed E-state index contributed by atoms with van der Waals surface area (Å²) in [6.07, 6.45) is 3.21. The lowest BCUT2D eigenvalue weighted by Gasteiger charge is -2.18. The summed E-state index contributed by atoms with van der Waals surface area (Å²) in [5, 5.41) is 8.65. The quantitative estimate of drug-likeness (QED) is 0.498. The van der Waals surface area contributed by atoms with E-state index in [1.807, 2.05) is 0 Å². The summed E-state index contributed by atoms with van der Waals surface area (Å²) in [4.78, 5) is 10.5. The van der Waals surface area contributed by atoms with Gasteiger partial charge in [0, 0.05) is 5.88 Å². The highest BCUT2D eigenvalue weighted by atomic mass is 35.5. The average Bonchev–Trinajstić information content (AvgIpc) is 1.98. The van der Waals surface area contributed by atoms with Crippen LogP contribution >= 0.6 is 11.6 Å². The van der Waals surface area contributed by atoms with Crippen LogP contribution in [-0.4, -0.2) is 22.5 Å². The second-order valence-electron chi connectivity index (χ2n) is 3.22. The van der Waals surface area contributed by atoms with E-state index >= 15 is 0 Å². The Morgan fingerprint density at radius 3 is 2.50 bits per heavy atom. The number of nitrogens with two attached hydrogens (primary N) is 1. The maximum atomic E-state index is 10.5. The van der Waals surface area contributed by atoms with Gasteiger partial charge < -0.3 is 10.8 Å². The number of carboxylic acids is 1. The zero-order valence-electron chi connectivity index (χ0n) is 7.35. The average molecular weight is 194 g/mol. The van der Waals surface area contributed by atoms with Gasteiger partial charge in [-0.3, -0.25) is 4.79 Å². The first kappa shape index (κ1) is 11.7. The molecule has 0 spiro atoms. The molecule has 72 valence electrons. The van der Waals surface area contributed by atoms with Crippen LogP contribution in [0.15, 0.2) is 0 Å². The highest BCUT2D eigenvalue weighted by Crippen LogP contribution is 2.12. The molecule has 0 aromatic rings. The Morgan fingerprint density at radius 1 is 1.50 bits per heavy atom. The summed E-state index contributed by atoms with van der Waals surface area (Å²) in [6.45, 7) is 1.54. The lowest BCUT2D eigenvalue weighted by molar-refractivity contribution is -0.142. The topological polar surface area (TPSA) is 63.3 Å². The van der Waals surface area contributed by atoms with E-state index in [2.05, 4.69) is 0 Å². The minimum absolute atomic E-state index is 0.513. The third-order valence-corrected chi connectivity index (χ3v) is 2.09. The molecule has 0 saturated heterocycles. The van der Waals surface area contributed by atoms with E-state index in [-0.39, 0.29) is 0 Å². The maximum Gasteiger partial charge on any atom is 0.323 e. The van der Waals surface area contributed by atoms with Crippen LogP contribution in [-0.2, 0) is 4.79 Å². The van der Waals surface area contributed by atoms with Crippen molar-refractivity contribution < 1.29 is 9.90 Å². The minimum atomic E-state index is -1.08. The van der Waals surface area contributed by atoms with E-state index in [9.17, 15) is 4.79 Å². The number of hydrogen-bond acceptors (Lipinski definition) is 2. The maximum absolute atomic E-state index is 10.5. The monoisotopic (exact) mass is 193 g/mol. The summed E-state index contributed by atoms with van der Waals surface area (Å²) in [5.41, 5.74) is 4.43. The van der Waals surface area contributed by atoms with Gasteiger partial charge in [-0.1, -0.05) is 12.8 Å². The fourth-order valence-electron chi connectivity index (χ4n) is 0.870. The van der Waals surface area contributed by atoms with Crippen LogP contribution in [0, 0.1) is 0 Å². The predicted molar refractivity (Wildman–Crippen MR) is 49.4 cm³/mol. The first-order valence-electron chi connectivity index (χ1n) is 4.09. The van der Waals surface area contributed by atoms with Crippen molar-refractivity contribution in [2.75, 3.05) is 5.88 Å². The number of alkyl halides is 1. The lowest BCUT2D eigenvalue weighted by Crippen LogP contribution is -2.44. The van der Waals surface area contributed by atoms with Crippen molar-refractivity contribution in [2.45, 2.75) is 38.1 Å². The number of carboxylic acid groups (broad SMARTS) is 1. The van der Waals surface area contributed by atoms with E-state index in [1.165, 1.54) is 6.92 Å². The SMILES string of the molecule is C[C@@](N)(CCCCCCl)C(=O)O. The molecule has 3 nitrogen and oxygen atoms in total. The first-order valence-corrected chi connectivity index (χ1v) is 4.62. The molecule has 4 heteroatoms. The van der Waals surface area contributed by atoms with E-state index in [0.29, 0.717) is 12.3 Å². The number of aliphatic carboxylic acids is 1. The Morgan fingerprint density at radius 2 is 2.08 bits per heavy atom. The number of rotatable bonds is 6. The highest BCUT2D eigenvalue weighted by molar-refractivity contribution is 6.17. The van der Waals surface area contributed by atoms with Crippen LogP contribution < -0.4 is 5.73 Å². The predicted octanol–water partition coefficient (Wildman–Crippen LogP) is 1.59. The molecule has 0 aliphatic rings. The molecule has 0 heterocycles. The van der Waals surface area contributed by atoms with Crippen molar-refractivity contribution >= 4 is 17.6 Å². The lowest BCUT2D eigenvalue weighted by atomic mass is 9.96. The molecule has 1 atom stereocenters. The summed E-state index contributed by atoms with van der Waals surface area (Å²) < 4.78 is 0. The first-order chi connectivity index (χ1) is 5.50. The summed E-state index contributed by atoms with van der Waals surface area (Å²) in [5.74, 6) is -0.303. The second kappa shape index (κ2) is 5.38. The van der Waals surface area contributed by atoms with Gasteiger partial charge in [0.05, 0.1) is 0 Å². The van der Waals surface area contributed by atoms with Gasteiger partial charge in [0.15, 0.2) is 0 Å². The van der Waals surface area contributed by atoms with Gasteiger partial charge in [0.2, 0.25) is 0 Å². The molecule has 0 radical (unpaired) electrons. The summed E-state index contributed by atoms with van der Waals surface area (Å²) in [7, 11) is 0. The second-order valence-corrected chi connectivity index (χ2v) is 3.60. The van der Waals surface area contributed by atoms with Crippen molar-refractivity contribution in [3.63, 3.8) is 0 Å². The van der Waals surface area contributed by atoms with E-state index in [4.69, 9.17) is 22.4 Å². The van der Waals surface area contributed by atoms with Crippen LogP contribution in [0.2, 0.25) is 0 Å². The molecule has 0 aromatic carbocycles. The van der Waals surface area contributed by atoms with Crippen molar-refractivity contribution in [1.29, 1.82) is 0 Å². The van der Waals surface area contributed by atoms with Crippen molar-refractivity contribution in [3.8, 4) is 0 Å². The minimum Gasteiger partial charge on any atom is -0.480 e. The van der Waals surface area contributed by atoms with Crippen LogP contribution in [0.4, 0.5) is 0 Å². The van der Waals surface area contributed by atoms with E-state index < -0.39 is 11.5 Å². The molecule has 0 rings (SSSR count). The Bertz CT molecular complexity index is 148. The molecule has 3 N–H and O–H groups in total. The molecule has 0 aliphatic carbocycles. The standard InChI is InChI=1S/C8H16ClNO2/c1-8(10,7(11)12)5-3-2-4-6-9/h2-6,10H2,1H3,(H,11,12)/t8-/m1/s1. The molecule has 0 bridgehead atoms. The summed E-state index contributed by atoms with van der Waals surface area (Å²) in [6, 6.07) is 0. The van der Waals surface area contributed by atoms with Crippen LogP contribution in [0.1, 0.15) is 32.6 Å². The van der Waals surface area contributed by atoms with Crippen molar-refractivity contribution in [2.24, 2.45) is 5.73 Å². The van der Waals surface area contributed by atoms with Crippen molar-refractivity contribution in [1.82, 2.24) is 0 Å². The highest BCUT2D eigenvalue weighted by Gasteiger charge is 2.26. The normalized spacial score (nSPS) is 15.6. The Labute approximate surface area is 77.9 Å². The Kier molecular flexibility index (Phi) is 5.25. The Hall–Kier alpha value is -0.280. The number of unbranched alkanes of at least 4 members (excludes halogenated alkanes) is 2. The molecule has 0 saturated carbocycles. The van der Waals surface area contributed by atoms with Gasteiger partial charge in [-0.15, -0.1) is 11.6 Å². The molecule has 0 aromatic heterocycles. The summed E-state index contributed by atoms with van der Waals surface area (Å²) >= 11 is 5.47. The molecular formula is C8H16ClNO2. The molecular weight excluding hydrogens is 178 g/mol.